The van der Waals surface area contributed by atoms with Gasteiger partial charge in [-0.05, 0) is 13.3 Å². The molecule has 7 heteroatoms. The molecule has 0 bridgehead atoms. The lowest BCUT2D eigenvalue weighted by Gasteiger charge is -2.03. The molecule has 2 aromatic heterocycles. The number of hydrogen-bond acceptors (Lipinski definition) is 7. The van der Waals surface area contributed by atoms with Crippen LogP contribution in [0.4, 0.5) is 0 Å². The molecule has 0 saturated carbocycles. The van der Waals surface area contributed by atoms with Gasteiger partial charge in [-0.15, -0.1) is 0 Å². The molecular formula is C12H12N2O2S3. The molecule has 4 nitrogen and oxygen atoms in total. The summed E-state index contributed by atoms with van der Waals surface area (Å²) in [5, 5.41) is 0. The average molecular weight is 312 g/mol. The molecule has 0 saturated heterocycles. The van der Waals surface area contributed by atoms with Gasteiger partial charge >= 0.3 is 5.97 Å². The molecular weight excluding hydrogens is 300 g/mol. The molecule has 0 aliphatic heterocycles. The van der Waals surface area contributed by atoms with Gasteiger partial charge in [0.25, 0.3) is 0 Å². The van der Waals surface area contributed by atoms with Crippen molar-refractivity contribution in [2.45, 2.75) is 19.8 Å². The van der Waals surface area contributed by atoms with Gasteiger partial charge in [0.1, 0.15) is 3.82 Å². The Balaban J connectivity index is 2.19. The first-order valence-corrected chi connectivity index (χ1v) is 8.32. The standard InChI is InChI=1S/C12H12N2O2S3/c1-2-16-10(15)4-3-8-11(18-19-12(8)17)9-7-13-5-6-14-9/h5-7H,2-4H2,1H3. The monoisotopic (exact) mass is 312 g/mol. The van der Waals surface area contributed by atoms with E-state index >= 15 is 0 Å². The summed E-state index contributed by atoms with van der Waals surface area (Å²) in [6, 6.07) is 0. The molecule has 0 amide bonds. The lowest BCUT2D eigenvalue weighted by molar-refractivity contribution is -0.143. The summed E-state index contributed by atoms with van der Waals surface area (Å²) in [6.45, 7) is 2.21. The number of carbonyl (C=O) groups is 1. The molecule has 0 aliphatic carbocycles. The summed E-state index contributed by atoms with van der Waals surface area (Å²) >= 11 is 5.32. The number of esters is 1. The van der Waals surface area contributed by atoms with E-state index in [1.54, 1.807) is 35.9 Å². The van der Waals surface area contributed by atoms with E-state index in [0.717, 1.165) is 20.0 Å². The minimum absolute atomic E-state index is 0.196. The van der Waals surface area contributed by atoms with Crippen molar-refractivity contribution in [2.24, 2.45) is 0 Å². The van der Waals surface area contributed by atoms with Crippen molar-refractivity contribution in [3.63, 3.8) is 0 Å². The summed E-state index contributed by atoms with van der Waals surface area (Å²) in [4.78, 5) is 20.8. The zero-order valence-electron chi connectivity index (χ0n) is 10.3. The Kier molecular flexibility index (Phi) is 5.12. The van der Waals surface area contributed by atoms with Crippen molar-refractivity contribution in [1.82, 2.24) is 9.97 Å². The van der Waals surface area contributed by atoms with E-state index in [9.17, 15) is 4.79 Å². The van der Waals surface area contributed by atoms with Crippen molar-refractivity contribution in [3.8, 4) is 10.6 Å². The molecule has 0 N–H and O–H groups in total. The van der Waals surface area contributed by atoms with E-state index in [4.69, 9.17) is 17.0 Å². The molecule has 100 valence electrons. The van der Waals surface area contributed by atoms with Crippen LogP contribution in [0.25, 0.3) is 10.6 Å². The molecule has 0 atom stereocenters. The van der Waals surface area contributed by atoms with E-state index in [1.807, 2.05) is 0 Å². The van der Waals surface area contributed by atoms with Crippen LogP contribution in [0.3, 0.4) is 0 Å². The first-order valence-electron chi connectivity index (χ1n) is 5.76. The van der Waals surface area contributed by atoms with Gasteiger partial charge in [-0.25, -0.2) is 0 Å². The fourth-order valence-electron chi connectivity index (χ4n) is 1.56. The molecule has 2 rings (SSSR count). The van der Waals surface area contributed by atoms with Gasteiger partial charge in [-0.1, -0.05) is 32.9 Å². The van der Waals surface area contributed by atoms with Crippen LogP contribution >= 0.6 is 32.9 Å². The number of hydrogen-bond donors (Lipinski definition) is 0. The number of ether oxygens (including phenoxy) is 1. The highest BCUT2D eigenvalue weighted by atomic mass is 32.9. The van der Waals surface area contributed by atoms with E-state index in [1.165, 1.54) is 10.3 Å². The fraction of sp³-hybridized carbons (Fsp3) is 0.333. The number of rotatable bonds is 5. The quantitative estimate of drug-likeness (QED) is 0.480. The topological polar surface area (TPSA) is 52.1 Å². The highest BCUT2D eigenvalue weighted by Gasteiger charge is 2.13. The van der Waals surface area contributed by atoms with Crippen LogP contribution in [0.5, 0.6) is 0 Å². The maximum Gasteiger partial charge on any atom is 0.306 e. The molecule has 2 heterocycles. The largest absolute Gasteiger partial charge is 0.466 e. The van der Waals surface area contributed by atoms with E-state index in [0.29, 0.717) is 19.4 Å². The van der Waals surface area contributed by atoms with Crippen LogP contribution in [-0.4, -0.2) is 22.5 Å². The molecule has 0 aromatic carbocycles. The Labute approximate surface area is 123 Å². The van der Waals surface area contributed by atoms with Gasteiger partial charge in [-0.2, -0.15) is 0 Å². The normalized spacial score (nSPS) is 10.4. The number of aromatic nitrogens is 2. The third-order valence-corrected chi connectivity index (χ3v) is 5.57. The maximum atomic E-state index is 11.4. The van der Waals surface area contributed by atoms with E-state index in [-0.39, 0.29) is 5.97 Å². The molecule has 0 spiro atoms. The summed E-state index contributed by atoms with van der Waals surface area (Å²) < 4.78 is 5.75. The van der Waals surface area contributed by atoms with Gasteiger partial charge < -0.3 is 4.74 Å². The Bertz CT molecular complexity index is 607. The van der Waals surface area contributed by atoms with Crippen molar-refractivity contribution in [3.05, 3.63) is 28.0 Å². The lowest BCUT2D eigenvalue weighted by atomic mass is 10.1. The summed E-state index contributed by atoms with van der Waals surface area (Å²) in [6.07, 6.45) is 5.92. The predicted octanol–water partition coefficient (Wildman–Crippen LogP) is 3.49. The molecule has 19 heavy (non-hydrogen) atoms. The molecule has 0 unspecified atom stereocenters. The van der Waals surface area contributed by atoms with Crippen molar-refractivity contribution >= 4 is 38.9 Å². The molecule has 0 radical (unpaired) electrons. The summed E-state index contributed by atoms with van der Waals surface area (Å²) in [7, 11) is 3.10. The number of carbonyl (C=O) groups excluding carboxylic acids is 1. The lowest BCUT2D eigenvalue weighted by Crippen LogP contribution is -2.05. The zero-order chi connectivity index (χ0) is 13.7. The highest BCUT2D eigenvalue weighted by molar-refractivity contribution is 7.80. The minimum atomic E-state index is -0.196. The molecule has 0 fully saturated rings. The van der Waals surface area contributed by atoms with Gasteiger partial charge in [0, 0.05) is 24.4 Å². The van der Waals surface area contributed by atoms with Crippen LogP contribution in [0, 0.1) is 3.82 Å². The summed E-state index contributed by atoms with van der Waals surface area (Å²) in [5.74, 6) is -0.196. The van der Waals surface area contributed by atoms with Crippen LogP contribution in [-0.2, 0) is 16.0 Å². The Morgan fingerprint density at radius 1 is 1.42 bits per heavy atom. The van der Waals surface area contributed by atoms with Gasteiger partial charge in [0.15, 0.2) is 0 Å². The van der Waals surface area contributed by atoms with Crippen LogP contribution < -0.4 is 0 Å². The van der Waals surface area contributed by atoms with Crippen molar-refractivity contribution in [1.29, 1.82) is 0 Å². The van der Waals surface area contributed by atoms with Crippen molar-refractivity contribution < 1.29 is 9.53 Å². The predicted molar refractivity (Wildman–Crippen MR) is 79.0 cm³/mol. The second kappa shape index (κ2) is 6.83. The highest BCUT2D eigenvalue weighted by Crippen LogP contribution is 2.33. The van der Waals surface area contributed by atoms with Crippen LogP contribution in [0.2, 0.25) is 0 Å². The Morgan fingerprint density at radius 2 is 2.26 bits per heavy atom. The SMILES string of the molecule is CCOC(=O)CCc1c(-c2cnccn2)ssc1=S. The minimum Gasteiger partial charge on any atom is -0.466 e. The zero-order valence-corrected chi connectivity index (χ0v) is 12.7. The number of nitrogens with zero attached hydrogens (tertiary/aromatic N) is 2. The fourth-order valence-corrected chi connectivity index (χ4v) is 4.50. The summed E-state index contributed by atoms with van der Waals surface area (Å²) in [5.41, 5.74) is 1.80. The second-order valence-corrected chi connectivity index (χ2v) is 6.47. The van der Waals surface area contributed by atoms with E-state index < -0.39 is 0 Å². The first kappa shape index (κ1) is 14.2. The maximum absolute atomic E-state index is 11.4. The van der Waals surface area contributed by atoms with Gasteiger partial charge in [-0.3, -0.25) is 14.8 Å². The smallest absolute Gasteiger partial charge is 0.306 e. The second-order valence-electron chi connectivity index (χ2n) is 3.66. The van der Waals surface area contributed by atoms with Crippen molar-refractivity contribution in [2.75, 3.05) is 6.61 Å². The molecule has 0 aliphatic rings. The molecule has 2 aromatic rings. The third-order valence-electron chi connectivity index (χ3n) is 2.40. The first-order chi connectivity index (χ1) is 9.22. The van der Waals surface area contributed by atoms with Crippen LogP contribution in [0.15, 0.2) is 18.6 Å². The van der Waals surface area contributed by atoms with E-state index in [2.05, 4.69) is 9.97 Å². The third kappa shape index (κ3) is 3.65. The van der Waals surface area contributed by atoms with Crippen LogP contribution in [0.1, 0.15) is 18.9 Å². The average Bonchev–Trinajstić information content (AvgIpc) is 2.79. The van der Waals surface area contributed by atoms with Gasteiger partial charge in [0.05, 0.1) is 23.4 Å². The Morgan fingerprint density at radius 3 is 2.95 bits per heavy atom. The Hall–Kier alpha value is -1.18. The van der Waals surface area contributed by atoms with Gasteiger partial charge in [0.2, 0.25) is 0 Å².